The molecule has 0 spiro atoms. The van der Waals surface area contributed by atoms with Gasteiger partial charge in [0.05, 0.1) is 4.90 Å². The van der Waals surface area contributed by atoms with Gasteiger partial charge >= 0.3 is 0 Å². The molecule has 0 aliphatic rings. The fourth-order valence-electron chi connectivity index (χ4n) is 2.17. The molecule has 0 saturated carbocycles. The van der Waals surface area contributed by atoms with Gasteiger partial charge in [-0.05, 0) is 30.2 Å². The molecule has 2 aromatic rings. The maximum Gasteiger partial charge on any atom is 0.243 e. The first-order chi connectivity index (χ1) is 10.0. The molecule has 0 unspecified atom stereocenters. The molecule has 2 aromatic carbocycles. The largest absolute Gasteiger partial charge is 0.399 e. The average Bonchev–Trinajstić information content (AvgIpc) is 2.49. The number of nitrogens with zero attached hydrogens (tertiary/aromatic N) is 1. The fraction of sp³-hybridized carbons (Fsp3) is 0.250. The molecule has 0 amide bonds. The summed E-state index contributed by atoms with van der Waals surface area (Å²) in [6.07, 6.45) is 0.691. The zero-order valence-electron chi connectivity index (χ0n) is 12.1. The summed E-state index contributed by atoms with van der Waals surface area (Å²) in [6.45, 7) is 2.73. The van der Waals surface area contributed by atoms with Gasteiger partial charge in [0, 0.05) is 18.8 Å². The standard InChI is InChI=1S/C16H20N2O2S/c1-2-18(12-11-14-7-4-3-5-8-14)21(19,20)16-10-6-9-15(17)13-16/h3-10,13H,2,11-12,17H2,1H3. The smallest absolute Gasteiger partial charge is 0.243 e. The summed E-state index contributed by atoms with van der Waals surface area (Å²) in [5.41, 5.74) is 7.26. The van der Waals surface area contributed by atoms with Gasteiger partial charge in [-0.25, -0.2) is 8.42 Å². The number of hydrogen-bond donors (Lipinski definition) is 1. The highest BCUT2D eigenvalue weighted by atomic mass is 32.2. The van der Waals surface area contributed by atoms with Gasteiger partial charge in [0.2, 0.25) is 10.0 Å². The van der Waals surface area contributed by atoms with Crippen molar-refractivity contribution in [2.24, 2.45) is 0 Å². The molecular formula is C16H20N2O2S. The predicted octanol–water partition coefficient (Wildman–Crippen LogP) is 2.52. The molecule has 4 nitrogen and oxygen atoms in total. The van der Waals surface area contributed by atoms with Gasteiger partial charge in [-0.15, -0.1) is 0 Å². The highest BCUT2D eigenvalue weighted by Crippen LogP contribution is 2.18. The molecule has 0 fully saturated rings. The van der Waals surface area contributed by atoms with Crippen molar-refractivity contribution in [1.29, 1.82) is 0 Å². The molecule has 0 heterocycles. The van der Waals surface area contributed by atoms with Crippen LogP contribution in [0, 0.1) is 0 Å². The normalized spacial score (nSPS) is 11.7. The van der Waals surface area contributed by atoms with Gasteiger partial charge in [0.15, 0.2) is 0 Å². The zero-order chi connectivity index (χ0) is 15.3. The highest BCUT2D eigenvalue weighted by Gasteiger charge is 2.22. The van der Waals surface area contributed by atoms with Crippen LogP contribution in [-0.2, 0) is 16.4 Å². The number of sulfonamides is 1. The molecule has 0 aromatic heterocycles. The van der Waals surface area contributed by atoms with Crippen molar-refractivity contribution in [2.45, 2.75) is 18.2 Å². The lowest BCUT2D eigenvalue weighted by Crippen LogP contribution is -2.32. The summed E-state index contributed by atoms with van der Waals surface area (Å²) in [4.78, 5) is 0.248. The zero-order valence-corrected chi connectivity index (χ0v) is 12.9. The third kappa shape index (κ3) is 3.83. The van der Waals surface area contributed by atoms with Gasteiger partial charge in [0.1, 0.15) is 0 Å². The summed E-state index contributed by atoms with van der Waals surface area (Å²) in [6, 6.07) is 16.3. The lowest BCUT2D eigenvalue weighted by atomic mass is 10.1. The molecule has 0 saturated heterocycles. The van der Waals surface area contributed by atoms with Crippen molar-refractivity contribution in [2.75, 3.05) is 18.8 Å². The number of nitrogens with two attached hydrogens (primary N) is 1. The minimum atomic E-state index is -3.49. The van der Waals surface area contributed by atoms with Gasteiger partial charge in [0.25, 0.3) is 0 Å². The quantitative estimate of drug-likeness (QED) is 0.834. The molecule has 0 aliphatic carbocycles. The Hall–Kier alpha value is -1.85. The molecule has 112 valence electrons. The molecule has 2 N–H and O–H groups in total. The van der Waals surface area contributed by atoms with Gasteiger partial charge < -0.3 is 5.73 Å². The van der Waals surface area contributed by atoms with E-state index in [0.717, 1.165) is 5.56 Å². The van der Waals surface area contributed by atoms with Crippen LogP contribution in [0.15, 0.2) is 59.5 Å². The monoisotopic (exact) mass is 304 g/mol. The summed E-state index contributed by atoms with van der Waals surface area (Å²) in [7, 11) is -3.49. The van der Waals surface area contributed by atoms with Gasteiger partial charge in [-0.1, -0.05) is 43.3 Å². The molecule has 0 atom stereocenters. The Kier molecular flexibility index (Phi) is 4.98. The Bertz CT molecular complexity index is 684. The van der Waals surface area contributed by atoms with Crippen LogP contribution in [0.4, 0.5) is 5.69 Å². The maximum absolute atomic E-state index is 12.6. The summed E-state index contributed by atoms with van der Waals surface area (Å²) >= 11 is 0. The Morgan fingerprint density at radius 1 is 1.05 bits per heavy atom. The van der Waals surface area contributed by atoms with E-state index in [1.165, 1.54) is 10.4 Å². The van der Waals surface area contributed by atoms with Crippen LogP contribution in [0.1, 0.15) is 12.5 Å². The SMILES string of the molecule is CCN(CCc1ccccc1)S(=O)(=O)c1cccc(N)c1. The number of nitrogen functional groups attached to an aromatic ring is 1. The molecule has 0 radical (unpaired) electrons. The van der Waals surface area contributed by atoms with E-state index in [4.69, 9.17) is 5.73 Å². The Labute approximate surface area is 126 Å². The second-order valence-electron chi connectivity index (χ2n) is 4.80. The lowest BCUT2D eigenvalue weighted by molar-refractivity contribution is 0.431. The molecule has 0 aliphatic heterocycles. The number of likely N-dealkylation sites (N-methyl/N-ethyl adjacent to an activating group) is 1. The van der Waals surface area contributed by atoms with Crippen molar-refractivity contribution in [3.05, 3.63) is 60.2 Å². The topological polar surface area (TPSA) is 63.4 Å². The maximum atomic E-state index is 12.6. The van der Waals surface area contributed by atoms with E-state index < -0.39 is 10.0 Å². The van der Waals surface area contributed by atoms with Gasteiger partial charge in [-0.3, -0.25) is 0 Å². The summed E-state index contributed by atoms with van der Waals surface area (Å²) in [5, 5.41) is 0. The van der Waals surface area contributed by atoms with Crippen molar-refractivity contribution < 1.29 is 8.42 Å². The Balaban J connectivity index is 2.16. The van der Waals surface area contributed by atoms with Crippen LogP contribution in [0.5, 0.6) is 0 Å². The minimum Gasteiger partial charge on any atom is -0.399 e. The number of benzene rings is 2. The van der Waals surface area contributed by atoms with E-state index >= 15 is 0 Å². The summed E-state index contributed by atoms with van der Waals surface area (Å²) in [5.74, 6) is 0. The lowest BCUT2D eigenvalue weighted by Gasteiger charge is -2.20. The molecular weight excluding hydrogens is 284 g/mol. The average molecular weight is 304 g/mol. The second-order valence-corrected chi connectivity index (χ2v) is 6.74. The third-order valence-electron chi connectivity index (χ3n) is 3.34. The van der Waals surface area contributed by atoms with E-state index in [-0.39, 0.29) is 4.90 Å². The van der Waals surface area contributed by atoms with E-state index in [1.54, 1.807) is 18.2 Å². The molecule has 2 rings (SSSR count). The first kappa shape index (κ1) is 15.5. The van der Waals surface area contributed by atoms with E-state index in [1.807, 2.05) is 37.3 Å². The Morgan fingerprint density at radius 3 is 2.38 bits per heavy atom. The summed E-state index contributed by atoms with van der Waals surface area (Å²) < 4.78 is 26.7. The van der Waals surface area contributed by atoms with Crippen LogP contribution < -0.4 is 5.73 Å². The van der Waals surface area contributed by atoms with Gasteiger partial charge in [-0.2, -0.15) is 4.31 Å². The number of hydrogen-bond acceptors (Lipinski definition) is 3. The van der Waals surface area contributed by atoms with Crippen LogP contribution in [0.25, 0.3) is 0 Å². The van der Waals surface area contributed by atoms with E-state index in [2.05, 4.69) is 0 Å². The molecule has 0 bridgehead atoms. The first-order valence-corrected chi connectivity index (χ1v) is 8.37. The van der Waals surface area contributed by atoms with Crippen molar-refractivity contribution >= 4 is 15.7 Å². The first-order valence-electron chi connectivity index (χ1n) is 6.93. The minimum absolute atomic E-state index is 0.248. The van der Waals surface area contributed by atoms with Crippen LogP contribution in [-0.4, -0.2) is 25.8 Å². The van der Waals surface area contributed by atoms with E-state index in [0.29, 0.717) is 25.2 Å². The predicted molar refractivity (Wildman–Crippen MR) is 85.4 cm³/mol. The number of anilines is 1. The Morgan fingerprint density at radius 2 is 1.76 bits per heavy atom. The van der Waals surface area contributed by atoms with Crippen LogP contribution >= 0.6 is 0 Å². The molecule has 5 heteroatoms. The van der Waals surface area contributed by atoms with Crippen LogP contribution in [0.3, 0.4) is 0 Å². The van der Waals surface area contributed by atoms with Crippen molar-refractivity contribution in [1.82, 2.24) is 4.31 Å². The number of rotatable bonds is 6. The second kappa shape index (κ2) is 6.74. The fourth-order valence-corrected chi connectivity index (χ4v) is 3.68. The third-order valence-corrected chi connectivity index (χ3v) is 5.31. The van der Waals surface area contributed by atoms with Crippen LogP contribution in [0.2, 0.25) is 0 Å². The van der Waals surface area contributed by atoms with Crippen molar-refractivity contribution in [3.63, 3.8) is 0 Å². The van der Waals surface area contributed by atoms with Crippen molar-refractivity contribution in [3.8, 4) is 0 Å². The highest BCUT2D eigenvalue weighted by molar-refractivity contribution is 7.89. The van der Waals surface area contributed by atoms with E-state index in [9.17, 15) is 8.42 Å². The molecule has 21 heavy (non-hydrogen) atoms.